The lowest BCUT2D eigenvalue weighted by molar-refractivity contribution is -0.384. The van der Waals surface area contributed by atoms with Gasteiger partial charge in [0.05, 0.1) is 9.95 Å². The van der Waals surface area contributed by atoms with Crippen molar-refractivity contribution in [3.8, 4) is 0 Å². The molecule has 0 saturated carbocycles. The number of carbonyl (C=O) groups excluding carboxylic acids is 1. The van der Waals surface area contributed by atoms with E-state index in [1.807, 2.05) is 0 Å². The molecule has 1 amide bonds. The summed E-state index contributed by atoms with van der Waals surface area (Å²) in [6, 6.07) is 1.21. The second-order valence-electron chi connectivity index (χ2n) is 3.98. The van der Waals surface area contributed by atoms with Crippen LogP contribution < -0.4 is 4.90 Å². The minimum absolute atomic E-state index is 0.0675. The van der Waals surface area contributed by atoms with E-state index in [9.17, 15) is 14.9 Å². The van der Waals surface area contributed by atoms with Crippen LogP contribution in [-0.2, 0) is 4.79 Å². The fourth-order valence-corrected chi connectivity index (χ4v) is 2.44. The second kappa shape index (κ2) is 5.19. The Morgan fingerprint density at radius 1 is 1.67 bits per heavy atom. The van der Waals surface area contributed by atoms with Crippen molar-refractivity contribution >= 4 is 44.9 Å². The normalized spacial score (nSPS) is 19.3. The number of hydrogen-bond donors (Lipinski definition) is 0. The number of pyridine rings is 1. The van der Waals surface area contributed by atoms with E-state index < -0.39 is 4.92 Å². The minimum atomic E-state index is -0.580. The van der Waals surface area contributed by atoms with E-state index >= 15 is 0 Å². The van der Waals surface area contributed by atoms with E-state index in [-0.39, 0.29) is 28.4 Å². The lowest BCUT2D eigenvalue weighted by atomic mass is 10.2. The topological polar surface area (TPSA) is 76.3 Å². The first-order valence-corrected chi connectivity index (χ1v) is 6.69. The van der Waals surface area contributed by atoms with Crippen LogP contribution in [0.2, 0.25) is 5.02 Å². The third-order valence-corrected chi connectivity index (χ3v) is 3.81. The van der Waals surface area contributed by atoms with Gasteiger partial charge in [-0.3, -0.25) is 19.8 Å². The predicted molar refractivity (Wildman–Crippen MR) is 70.2 cm³/mol. The zero-order valence-corrected chi connectivity index (χ0v) is 11.5. The Labute approximate surface area is 116 Å². The molecule has 2 rings (SSSR count). The number of nitro groups is 1. The monoisotopic (exact) mass is 333 g/mol. The molecule has 1 aromatic rings. The molecule has 96 valence electrons. The minimum Gasteiger partial charge on any atom is -0.291 e. The quantitative estimate of drug-likeness (QED) is 0.483. The molecule has 1 aromatic heterocycles. The van der Waals surface area contributed by atoms with Crippen LogP contribution in [0.15, 0.2) is 12.3 Å². The van der Waals surface area contributed by atoms with Gasteiger partial charge in [0.25, 0.3) is 0 Å². The molecule has 6 nitrogen and oxygen atoms in total. The number of alkyl halides is 1. The Morgan fingerprint density at radius 3 is 2.94 bits per heavy atom. The van der Waals surface area contributed by atoms with Gasteiger partial charge in [-0.2, -0.15) is 0 Å². The van der Waals surface area contributed by atoms with Gasteiger partial charge in [-0.25, -0.2) is 4.98 Å². The van der Waals surface area contributed by atoms with E-state index in [2.05, 4.69) is 20.9 Å². The van der Waals surface area contributed by atoms with Crippen LogP contribution in [0.4, 0.5) is 11.5 Å². The first-order chi connectivity index (χ1) is 8.52. The van der Waals surface area contributed by atoms with Crippen LogP contribution in [0.3, 0.4) is 0 Å². The van der Waals surface area contributed by atoms with E-state index in [4.69, 9.17) is 11.6 Å². The van der Waals surface area contributed by atoms with Crippen LogP contribution in [0, 0.1) is 16.0 Å². The molecule has 1 fully saturated rings. The summed E-state index contributed by atoms with van der Waals surface area (Å²) >= 11 is 8.99. The van der Waals surface area contributed by atoms with E-state index in [0.717, 1.165) is 0 Å². The van der Waals surface area contributed by atoms with Gasteiger partial charge in [0, 0.05) is 30.6 Å². The zero-order valence-electron chi connectivity index (χ0n) is 9.18. The standard InChI is InChI=1S/C10H9BrClN3O3/c11-3-6-1-9(16)14(5-6)10-8(15(17)18)2-7(12)4-13-10/h2,4,6H,1,3,5H2. The maximum atomic E-state index is 11.8. The first kappa shape index (κ1) is 13.2. The van der Waals surface area contributed by atoms with E-state index in [0.29, 0.717) is 18.3 Å². The molecule has 1 saturated heterocycles. The summed E-state index contributed by atoms with van der Waals surface area (Å²) in [4.78, 5) is 27.4. The van der Waals surface area contributed by atoms with Gasteiger partial charge in [0.15, 0.2) is 0 Å². The number of carbonyl (C=O) groups is 1. The van der Waals surface area contributed by atoms with Gasteiger partial charge >= 0.3 is 5.69 Å². The van der Waals surface area contributed by atoms with Crippen LogP contribution in [-0.4, -0.2) is 27.7 Å². The number of anilines is 1. The predicted octanol–water partition coefficient (Wildman–Crippen LogP) is 2.39. The Hall–Kier alpha value is -1.21. The Morgan fingerprint density at radius 2 is 2.39 bits per heavy atom. The number of hydrogen-bond acceptors (Lipinski definition) is 4. The third-order valence-electron chi connectivity index (χ3n) is 2.69. The molecular weight excluding hydrogens is 325 g/mol. The van der Waals surface area contributed by atoms with Gasteiger partial charge in [0.1, 0.15) is 0 Å². The Bertz CT molecular complexity index is 511. The molecule has 18 heavy (non-hydrogen) atoms. The maximum absolute atomic E-state index is 11.8. The van der Waals surface area contributed by atoms with Gasteiger partial charge in [-0.15, -0.1) is 0 Å². The molecule has 1 unspecified atom stereocenters. The smallest absolute Gasteiger partial charge is 0.291 e. The molecule has 1 aliphatic rings. The molecular formula is C10H9BrClN3O3. The van der Waals surface area contributed by atoms with E-state index in [1.165, 1.54) is 17.2 Å². The van der Waals surface area contributed by atoms with E-state index in [1.54, 1.807) is 0 Å². The number of amides is 1. The summed E-state index contributed by atoms with van der Waals surface area (Å²) in [5.41, 5.74) is -0.244. The zero-order chi connectivity index (χ0) is 13.3. The van der Waals surface area contributed by atoms with Gasteiger partial charge in [-0.05, 0) is 5.92 Å². The molecule has 0 bridgehead atoms. The van der Waals surface area contributed by atoms with Crippen molar-refractivity contribution in [2.45, 2.75) is 6.42 Å². The molecule has 0 aliphatic carbocycles. The highest BCUT2D eigenvalue weighted by atomic mass is 79.9. The van der Waals surface area contributed by atoms with Gasteiger partial charge in [0.2, 0.25) is 11.7 Å². The first-order valence-electron chi connectivity index (χ1n) is 5.19. The summed E-state index contributed by atoms with van der Waals surface area (Å²) in [6.45, 7) is 0.430. The van der Waals surface area contributed by atoms with Crippen molar-refractivity contribution in [2.75, 3.05) is 16.8 Å². The number of rotatable bonds is 3. The van der Waals surface area contributed by atoms with Crippen LogP contribution >= 0.6 is 27.5 Å². The molecule has 1 atom stereocenters. The molecule has 0 spiro atoms. The van der Waals surface area contributed by atoms with Crippen LogP contribution in [0.1, 0.15) is 6.42 Å². The summed E-state index contributed by atoms with van der Waals surface area (Å²) in [5.74, 6) is 0.0600. The SMILES string of the molecule is O=C1CC(CBr)CN1c1ncc(Cl)cc1[N+](=O)[O-]. The second-order valence-corrected chi connectivity index (χ2v) is 5.07. The van der Waals surface area contributed by atoms with Crippen molar-refractivity contribution in [1.82, 2.24) is 4.98 Å². The van der Waals surface area contributed by atoms with Crippen molar-refractivity contribution in [3.05, 3.63) is 27.4 Å². The molecule has 2 heterocycles. The number of nitrogens with zero attached hydrogens (tertiary/aromatic N) is 3. The number of halogens is 2. The highest BCUT2D eigenvalue weighted by Gasteiger charge is 2.34. The Kier molecular flexibility index (Phi) is 3.82. The van der Waals surface area contributed by atoms with Crippen LogP contribution in [0.25, 0.3) is 0 Å². The average molecular weight is 335 g/mol. The molecule has 0 radical (unpaired) electrons. The van der Waals surface area contributed by atoms with Crippen molar-refractivity contribution < 1.29 is 9.72 Å². The third kappa shape index (κ3) is 2.46. The molecule has 0 aromatic carbocycles. The van der Waals surface area contributed by atoms with Crippen LogP contribution in [0.5, 0.6) is 0 Å². The molecule has 1 aliphatic heterocycles. The summed E-state index contributed by atoms with van der Waals surface area (Å²) in [5, 5.41) is 11.8. The van der Waals surface area contributed by atoms with Crippen molar-refractivity contribution in [3.63, 3.8) is 0 Å². The summed E-state index contributed by atoms with van der Waals surface area (Å²) in [7, 11) is 0. The Balaban J connectivity index is 2.39. The largest absolute Gasteiger partial charge is 0.313 e. The summed E-state index contributed by atoms with van der Waals surface area (Å²) < 4.78 is 0. The fraction of sp³-hybridized carbons (Fsp3) is 0.400. The highest BCUT2D eigenvalue weighted by Crippen LogP contribution is 2.32. The lowest BCUT2D eigenvalue weighted by Gasteiger charge is -2.15. The lowest BCUT2D eigenvalue weighted by Crippen LogP contribution is -2.26. The maximum Gasteiger partial charge on any atom is 0.313 e. The van der Waals surface area contributed by atoms with Gasteiger partial charge < -0.3 is 0 Å². The summed E-state index contributed by atoms with van der Waals surface area (Å²) in [6.07, 6.45) is 1.67. The fourth-order valence-electron chi connectivity index (χ4n) is 1.85. The molecule has 0 N–H and O–H groups in total. The van der Waals surface area contributed by atoms with Crippen molar-refractivity contribution in [2.24, 2.45) is 5.92 Å². The van der Waals surface area contributed by atoms with Crippen molar-refractivity contribution in [1.29, 1.82) is 0 Å². The molecule has 8 heteroatoms. The average Bonchev–Trinajstić information content (AvgIpc) is 2.70. The number of aromatic nitrogens is 1. The van der Waals surface area contributed by atoms with Gasteiger partial charge in [-0.1, -0.05) is 27.5 Å². The highest BCUT2D eigenvalue weighted by molar-refractivity contribution is 9.09.